The van der Waals surface area contributed by atoms with E-state index in [0.717, 1.165) is 29.3 Å². The van der Waals surface area contributed by atoms with Gasteiger partial charge in [-0.15, -0.1) is 0 Å². The van der Waals surface area contributed by atoms with Crippen LogP contribution in [-0.4, -0.2) is 29.7 Å². The Labute approximate surface area is 157 Å². The molecule has 1 fully saturated rings. The van der Waals surface area contributed by atoms with Crippen LogP contribution < -0.4 is 0 Å². The number of nitrogens with zero attached hydrogens (tertiary/aromatic N) is 1. The number of hydrogen-bond acceptors (Lipinski definition) is 2. The van der Waals surface area contributed by atoms with Gasteiger partial charge in [-0.3, -0.25) is 9.59 Å². The van der Waals surface area contributed by atoms with Gasteiger partial charge in [0.05, 0.1) is 5.56 Å². The summed E-state index contributed by atoms with van der Waals surface area (Å²) in [5.41, 5.74) is 1.65. The van der Waals surface area contributed by atoms with E-state index in [2.05, 4.69) is 0 Å². The molecule has 0 N–H and O–H groups in total. The van der Waals surface area contributed by atoms with E-state index in [1.54, 1.807) is 11.0 Å². The molecule has 1 saturated heterocycles. The maximum atomic E-state index is 13.8. The number of carbonyl (C=O) groups excluding carboxylic acids is 2. The molecule has 0 spiro atoms. The Morgan fingerprint density at radius 2 is 1.70 bits per heavy atom. The number of amides is 1. The van der Waals surface area contributed by atoms with Gasteiger partial charge in [-0.2, -0.15) is 0 Å². The number of hydrogen-bond donors (Lipinski definition) is 0. The predicted octanol–water partition coefficient (Wildman–Crippen LogP) is 4.49. The summed E-state index contributed by atoms with van der Waals surface area (Å²) in [5, 5.41) is 0. The van der Waals surface area contributed by atoms with Crippen LogP contribution in [0.1, 0.15) is 35.7 Å². The Bertz CT molecular complexity index is 869. The molecular formula is C22H21F2NO2. The molecule has 2 aromatic rings. The first-order chi connectivity index (χ1) is 13.0. The number of rotatable bonds is 4. The highest BCUT2D eigenvalue weighted by Crippen LogP contribution is 2.24. The molecule has 0 unspecified atom stereocenters. The molecular weight excluding hydrogens is 348 g/mol. The molecule has 0 saturated carbocycles. The topological polar surface area (TPSA) is 37.4 Å². The maximum absolute atomic E-state index is 13.8. The number of halogens is 2. The van der Waals surface area contributed by atoms with Crippen molar-refractivity contribution in [1.29, 1.82) is 0 Å². The zero-order valence-corrected chi connectivity index (χ0v) is 15.1. The van der Waals surface area contributed by atoms with Crippen molar-refractivity contribution < 1.29 is 18.4 Å². The van der Waals surface area contributed by atoms with Gasteiger partial charge in [0.15, 0.2) is 5.78 Å². The van der Waals surface area contributed by atoms with Gasteiger partial charge in [-0.25, -0.2) is 8.78 Å². The van der Waals surface area contributed by atoms with E-state index in [1.807, 2.05) is 37.3 Å². The van der Waals surface area contributed by atoms with E-state index < -0.39 is 23.3 Å². The molecule has 1 aliphatic heterocycles. The summed E-state index contributed by atoms with van der Waals surface area (Å²) in [5.74, 6) is -2.23. The molecule has 0 radical (unpaired) electrons. The lowest BCUT2D eigenvalue weighted by atomic mass is 9.88. The van der Waals surface area contributed by atoms with E-state index in [0.29, 0.717) is 25.9 Å². The third-order valence-corrected chi connectivity index (χ3v) is 4.94. The van der Waals surface area contributed by atoms with Crippen LogP contribution >= 0.6 is 0 Å². The van der Waals surface area contributed by atoms with Crippen molar-refractivity contribution in [1.82, 2.24) is 4.90 Å². The SMILES string of the molecule is C/C(=C/C(=O)N1CCC(C(=O)c2cc(F)ccc2F)CC1)c1ccccc1. The smallest absolute Gasteiger partial charge is 0.246 e. The van der Waals surface area contributed by atoms with Gasteiger partial charge in [0, 0.05) is 25.1 Å². The number of carbonyl (C=O) groups is 2. The minimum atomic E-state index is -0.707. The van der Waals surface area contributed by atoms with Crippen LogP contribution in [0.2, 0.25) is 0 Å². The lowest BCUT2D eigenvalue weighted by Crippen LogP contribution is -2.39. The highest BCUT2D eigenvalue weighted by molar-refractivity contribution is 5.98. The molecule has 0 aromatic heterocycles. The molecule has 140 valence electrons. The Morgan fingerprint density at radius 3 is 2.37 bits per heavy atom. The van der Waals surface area contributed by atoms with Crippen molar-refractivity contribution in [2.75, 3.05) is 13.1 Å². The first-order valence-electron chi connectivity index (χ1n) is 8.97. The van der Waals surface area contributed by atoms with Gasteiger partial charge < -0.3 is 4.90 Å². The first kappa shape index (κ1) is 19.0. The number of benzene rings is 2. The second-order valence-corrected chi connectivity index (χ2v) is 6.78. The Balaban J connectivity index is 1.62. The monoisotopic (exact) mass is 369 g/mol. The second kappa shape index (κ2) is 8.25. The van der Waals surface area contributed by atoms with Crippen LogP contribution in [0.25, 0.3) is 5.57 Å². The molecule has 2 aromatic carbocycles. The van der Waals surface area contributed by atoms with Crippen molar-refractivity contribution in [3.63, 3.8) is 0 Å². The number of likely N-dealkylation sites (tertiary alicyclic amines) is 1. The number of piperidine rings is 1. The number of Topliss-reactive ketones (excluding diaryl/α,β-unsaturated/α-hetero) is 1. The average Bonchev–Trinajstić information content (AvgIpc) is 2.70. The van der Waals surface area contributed by atoms with Crippen molar-refractivity contribution in [2.24, 2.45) is 5.92 Å². The summed E-state index contributed by atoms with van der Waals surface area (Å²) in [6.07, 6.45) is 2.49. The van der Waals surface area contributed by atoms with Crippen LogP contribution in [0.3, 0.4) is 0 Å². The summed E-state index contributed by atoms with van der Waals surface area (Å²) in [7, 11) is 0. The highest BCUT2D eigenvalue weighted by atomic mass is 19.1. The fourth-order valence-electron chi connectivity index (χ4n) is 3.33. The summed E-state index contributed by atoms with van der Waals surface area (Å²) < 4.78 is 27.2. The lowest BCUT2D eigenvalue weighted by Gasteiger charge is -2.30. The largest absolute Gasteiger partial charge is 0.339 e. The molecule has 3 rings (SSSR count). The van der Waals surface area contributed by atoms with Crippen LogP contribution in [-0.2, 0) is 4.79 Å². The zero-order chi connectivity index (χ0) is 19.4. The summed E-state index contributed by atoms with van der Waals surface area (Å²) >= 11 is 0. The van der Waals surface area contributed by atoms with Gasteiger partial charge in [-0.05, 0) is 49.1 Å². The van der Waals surface area contributed by atoms with Crippen molar-refractivity contribution in [2.45, 2.75) is 19.8 Å². The predicted molar refractivity (Wildman–Crippen MR) is 100 cm³/mol. The van der Waals surface area contributed by atoms with Crippen LogP contribution in [0.15, 0.2) is 54.6 Å². The summed E-state index contributed by atoms with van der Waals surface area (Å²) in [4.78, 5) is 26.7. The van der Waals surface area contributed by atoms with E-state index >= 15 is 0 Å². The van der Waals surface area contributed by atoms with E-state index in [-0.39, 0.29) is 11.5 Å². The normalized spacial score (nSPS) is 15.7. The quantitative estimate of drug-likeness (QED) is 0.588. The highest BCUT2D eigenvalue weighted by Gasteiger charge is 2.29. The van der Waals surface area contributed by atoms with Crippen LogP contribution in [0, 0.1) is 17.6 Å². The van der Waals surface area contributed by atoms with Crippen LogP contribution in [0.4, 0.5) is 8.78 Å². The molecule has 5 heteroatoms. The van der Waals surface area contributed by atoms with Gasteiger partial charge in [0.25, 0.3) is 0 Å². The van der Waals surface area contributed by atoms with Crippen molar-refractivity contribution >= 4 is 17.3 Å². The van der Waals surface area contributed by atoms with E-state index in [4.69, 9.17) is 0 Å². The molecule has 0 bridgehead atoms. The second-order valence-electron chi connectivity index (χ2n) is 6.78. The third-order valence-electron chi connectivity index (χ3n) is 4.94. The minimum absolute atomic E-state index is 0.0980. The molecule has 1 amide bonds. The zero-order valence-electron chi connectivity index (χ0n) is 15.1. The molecule has 1 aliphatic rings. The molecule has 27 heavy (non-hydrogen) atoms. The standard InChI is InChI=1S/C22H21F2NO2/c1-15(16-5-3-2-4-6-16)13-21(26)25-11-9-17(10-12-25)22(27)19-14-18(23)7-8-20(19)24/h2-8,13-14,17H,9-12H2,1H3/b15-13-. The summed E-state index contributed by atoms with van der Waals surface area (Å²) in [6.45, 7) is 2.73. The van der Waals surface area contributed by atoms with Gasteiger partial charge >= 0.3 is 0 Å². The fourth-order valence-corrected chi connectivity index (χ4v) is 3.33. The Hall–Kier alpha value is -2.82. The molecule has 1 heterocycles. The lowest BCUT2D eigenvalue weighted by molar-refractivity contribution is -0.127. The Kier molecular flexibility index (Phi) is 5.79. The average molecular weight is 369 g/mol. The van der Waals surface area contributed by atoms with Gasteiger partial charge in [0.2, 0.25) is 5.91 Å². The third kappa shape index (κ3) is 4.48. The minimum Gasteiger partial charge on any atom is -0.339 e. The first-order valence-corrected chi connectivity index (χ1v) is 8.97. The molecule has 3 nitrogen and oxygen atoms in total. The van der Waals surface area contributed by atoms with Crippen molar-refractivity contribution in [3.05, 3.63) is 77.4 Å². The van der Waals surface area contributed by atoms with Crippen molar-refractivity contribution in [3.8, 4) is 0 Å². The maximum Gasteiger partial charge on any atom is 0.246 e. The van der Waals surface area contributed by atoms with Crippen LogP contribution in [0.5, 0.6) is 0 Å². The van der Waals surface area contributed by atoms with Gasteiger partial charge in [0.1, 0.15) is 11.6 Å². The fraction of sp³-hybridized carbons (Fsp3) is 0.273. The van der Waals surface area contributed by atoms with E-state index in [9.17, 15) is 18.4 Å². The van der Waals surface area contributed by atoms with Gasteiger partial charge in [-0.1, -0.05) is 30.3 Å². The molecule has 0 atom stereocenters. The summed E-state index contributed by atoms with van der Waals surface area (Å²) in [6, 6.07) is 12.5. The molecule has 0 aliphatic carbocycles. The number of ketones is 1. The number of allylic oxidation sites excluding steroid dienone is 1. The van der Waals surface area contributed by atoms with E-state index in [1.165, 1.54) is 0 Å². The Morgan fingerprint density at radius 1 is 1.04 bits per heavy atom.